The van der Waals surface area contributed by atoms with Crippen molar-refractivity contribution in [3.63, 3.8) is 0 Å². The van der Waals surface area contributed by atoms with Gasteiger partial charge in [0.2, 0.25) is 0 Å². The molecule has 1 heterocycles. The number of β-amino-alcohol motifs (C(OH)–C–C–N with tert-alkyl or cyclic N) is 1. The predicted octanol–water partition coefficient (Wildman–Crippen LogP) is 7.01. The van der Waals surface area contributed by atoms with Crippen molar-refractivity contribution in [2.24, 2.45) is 0 Å². The largest absolute Gasteiger partial charge is 0.390 e. The molecular formula is C36H61N5O2. The van der Waals surface area contributed by atoms with Crippen LogP contribution in [0.4, 0.5) is 11.4 Å². The molecule has 0 amide bonds. The van der Waals surface area contributed by atoms with Crippen LogP contribution in [0.2, 0.25) is 0 Å². The van der Waals surface area contributed by atoms with E-state index in [0.29, 0.717) is 17.6 Å². The molecule has 7 nitrogen and oxygen atoms in total. The van der Waals surface area contributed by atoms with E-state index >= 15 is 0 Å². The second-order valence-corrected chi connectivity index (χ2v) is 11.7. The zero-order valence-corrected chi connectivity index (χ0v) is 28.9. The van der Waals surface area contributed by atoms with Crippen LogP contribution in [0.3, 0.4) is 0 Å². The fourth-order valence-electron chi connectivity index (χ4n) is 6.35. The molecule has 1 aromatic carbocycles. The first kappa shape index (κ1) is 38.3. The van der Waals surface area contributed by atoms with E-state index in [4.69, 9.17) is 5.41 Å². The number of allylic oxidation sites excluding steroid dienone is 3. The molecule has 43 heavy (non-hydrogen) atoms. The van der Waals surface area contributed by atoms with Gasteiger partial charge < -0.3 is 26.0 Å². The number of carbonyl (C=O) groups excluding carboxylic acids is 1. The Hall–Kier alpha value is -2.74. The molecule has 0 radical (unpaired) electrons. The molecule has 0 spiro atoms. The molecular weight excluding hydrogens is 534 g/mol. The van der Waals surface area contributed by atoms with E-state index in [1.165, 1.54) is 22.9 Å². The topological polar surface area (TPSA) is 91.7 Å². The Morgan fingerprint density at radius 2 is 1.72 bits per heavy atom. The van der Waals surface area contributed by atoms with Crippen LogP contribution in [-0.2, 0) is 6.42 Å². The smallest absolute Gasteiger partial charge is 0.150 e. The lowest BCUT2D eigenvalue weighted by Crippen LogP contribution is -2.57. The lowest BCUT2D eigenvalue weighted by atomic mass is 9.86. The van der Waals surface area contributed by atoms with Gasteiger partial charge in [0.1, 0.15) is 6.29 Å². The average Bonchev–Trinajstić information content (AvgIpc) is 2.99. The summed E-state index contributed by atoms with van der Waals surface area (Å²) in [5.74, 6) is 0. The van der Waals surface area contributed by atoms with Crippen LogP contribution < -0.4 is 15.5 Å². The third-order valence-electron chi connectivity index (χ3n) is 8.37. The minimum absolute atomic E-state index is 0.141. The highest BCUT2D eigenvalue weighted by Crippen LogP contribution is 2.38. The molecule has 0 atom stereocenters. The number of rotatable bonds is 12. The lowest BCUT2D eigenvalue weighted by Gasteiger charge is -2.46. The number of nitrogens with one attached hydrogen (secondary N) is 3. The summed E-state index contributed by atoms with van der Waals surface area (Å²) in [5, 5.41) is 23.9. The van der Waals surface area contributed by atoms with Gasteiger partial charge in [-0.15, -0.1) is 0 Å². The van der Waals surface area contributed by atoms with Crippen LogP contribution in [0, 0.1) is 5.41 Å². The molecule has 2 aliphatic rings. The van der Waals surface area contributed by atoms with Gasteiger partial charge in [0, 0.05) is 68.3 Å². The van der Waals surface area contributed by atoms with Crippen LogP contribution in [0.25, 0.3) is 0 Å². The van der Waals surface area contributed by atoms with Gasteiger partial charge in [-0.05, 0) is 96.5 Å². The van der Waals surface area contributed by atoms with E-state index in [2.05, 4.69) is 74.6 Å². The molecule has 1 aliphatic heterocycles. The number of aliphatic hydroxyl groups is 1. The van der Waals surface area contributed by atoms with Crippen LogP contribution in [0.15, 0.2) is 41.0 Å². The first-order valence-electron chi connectivity index (χ1n) is 16.2. The highest BCUT2D eigenvalue weighted by Gasteiger charge is 2.35. The number of nitrogens with zero attached hydrogens (tertiary/aromatic N) is 2. The maximum Gasteiger partial charge on any atom is 0.150 e. The minimum Gasteiger partial charge on any atom is -0.390 e. The van der Waals surface area contributed by atoms with Crippen molar-refractivity contribution < 1.29 is 9.90 Å². The molecule has 1 saturated heterocycles. The number of aldehydes is 1. The Morgan fingerprint density at radius 3 is 2.12 bits per heavy atom. The molecule has 0 bridgehead atoms. The zero-order valence-electron chi connectivity index (χ0n) is 28.9. The Labute approximate surface area is 263 Å². The quantitative estimate of drug-likeness (QED) is 0.118. The number of hydrogen-bond acceptors (Lipinski definition) is 7. The van der Waals surface area contributed by atoms with Gasteiger partial charge in [0.05, 0.1) is 11.8 Å². The van der Waals surface area contributed by atoms with Crippen molar-refractivity contribution in [3.05, 3.63) is 57.7 Å². The summed E-state index contributed by atoms with van der Waals surface area (Å²) in [6.45, 7) is 24.0. The number of likely N-dealkylation sites (tertiary alicyclic amines) is 1. The molecule has 0 unspecified atom stereocenters. The molecule has 7 heteroatoms. The normalized spacial score (nSPS) is 18.9. The third-order valence-corrected chi connectivity index (χ3v) is 8.37. The number of likely N-dealkylation sites (N-methyl/N-ethyl adjacent to an activating group) is 1. The van der Waals surface area contributed by atoms with E-state index in [9.17, 15) is 9.90 Å². The van der Waals surface area contributed by atoms with Gasteiger partial charge in [0.15, 0.2) is 0 Å². The maximum absolute atomic E-state index is 11.7. The van der Waals surface area contributed by atoms with E-state index in [-0.39, 0.29) is 6.10 Å². The third kappa shape index (κ3) is 10.4. The second kappa shape index (κ2) is 19.5. The van der Waals surface area contributed by atoms with Gasteiger partial charge in [-0.1, -0.05) is 44.6 Å². The number of aliphatic hydroxyl groups excluding tert-OH is 1. The summed E-state index contributed by atoms with van der Waals surface area (Å²) >= 11 is 0. The predicted molar refractivity (Wildman–Crippen MR) is 188 cm³/mol. The summed E-state index contributed by atoms with van der Waals surface area (Å²) < 4.78 is 0. The molecule has 1 aliphatic carbocycles. The fourth-order valence-corrected chi connectivity index (χ4v) is 6.35. The molecule has 4 N–H and O–H groups in total. The zero-order chi connectivity index (χ0) is 32.7. The van der Waals surface area contributed by atoms with Crippen LogP contribution in [0.1, 0.15) is 103 Å². The maximum atomic E-state index is 11.7. The highest BCUT2D eigenvalue weighted by molar-refractivity contribution is 5.99. The van der Waals surface area contributed by atoms with Crippen LogP contribution in [0.5, 0.6) is 0 Å². The fraction of sp³-hybridized carbons (Fsp3) is 0.611. The first-order valence-corrected chi connectivity index (χ1v) is 16.2. The summed E-state index contributed by atoms with van der Waals surface area (Å²) in [6, 6.07) is 2.87. The van der Waals surface area contributed by atoms with Gasteiger partial charge >= 0.3 is 0 Å². The van der Waals surface area contributed by atoms with Gasteiger partial charge in [0.25, 0.3) is 0 Å². The van der Waals surface area contributed by atoms with Crippen molar-refractivity contribution in [1.29, 1.82) is 5.41 Å². The second-order valence-electron chi connectivity index (χ2n) is 11.7. The average molecular weight is 596 g/mol. The van der Waals surface area contributed by atoms with E-state index in [1.807, 2.05) is 34.0 Å². The van der Waals surface area contributed by atoms with E-state index < -0.39 is 0 Å². The Morgan fingerprint density at radius 1 is 1.12 bits per heavy atom. The number of hydrogen-bond donors (Lipinski definition) is 4. The van der Waals surface area contributed by atoms with Crippen molar-refractivity contribution in [2.45, 2.75) is 106 Å². The Bertz CT molecular complexity index is 1110. The summed E-state index contributed by atoms with van der Waals surface area (Å²) in [7, 11) is 3.80. The van der Waals surface area contributed by atoms with E-state index in [0.717, 1.165) is 92.6 Å². The van der Waals surface area contributed by atoms with E-state index in [1.54, 1.807) is 0 Å². The standard InChI is InChI=1S/C22H34N4O2.C12H21N.C2H6/c1-4-19-15(14-27)10-21(24-3)20(11-23)22(19)26(5-2)17-8-6-16(7-9-17)25-12-18(28)13-25;1-9(2)7-11(5)12(8-13-6)10(3)4;1-2/h10-11,14,16-18,23-24,28H,4-9,12-13H2,1-3H3;7,13H,3,8H2,1-2,4-6H3;1-2H3/b;12-11-;. The molecule has 2 fully saturated rings. The summed E-state index contributed by atoms with van der Waals surface area (Å²) in [6.07, 6.45) is 9.67. The van der Waals surface area contributed by atoms with Gasteiger partial charge in [-0.25, -0.2) is 0 Å². The van der Waals surface area contributed by atoms with Crippen molar-refractivity contribution in [3.8, 4) is 0 Å². The number of carbonyl (C=O) groups is 1. The molecule has 1 aromatic rings. The number of benzene rings is 1. The van der Waals surface area contributed by atoms with Crippen molar-refractivity contribution in [1.82, 2.24) is 10.2 Å². The summed E-state index contributed by atoms with van der Waals surface area (Å²) in [5.41, 5.74) is 9.61. The molecule has 1 saturated carbocycles. The van der Waals surface area contributed by atoms with Crippen molar-refractivity contribution >= 4 is 23.9 Å². The Kier molecular flexibility index (Phi) is 17.4. The molecule has 3 rings (SSSR count). The first-order chi connectivity index (χ1) is 20.6. The van der Waals surface area contributed by atoms with Gasteiger partial charge in [-0.2, -0.15) is 0 Å². The minimum atomic E-state index is -0.141. The van der Waals surface area contributed by atoms with Gasteiger partial charge in [-0.3, -0.25) is 9.69 Å². The summed E-state index contributed by atoms with van der Waals surface area (Å²) in [4.78, 5) is 16.6. The monoisotopic (exact) mass is 595 g/mol. The lowest BCUT2D eigenvalue weighted by molar-refractivity contribution is -0.0342. The van der Waals surface area contributed by atoms with Crippen LogP contribution >= 0.6 is 0 Å². The Balaban J connectivity index is 0.000000521. The molecule has 242 valence electrons. The SMILES string of the molecule is C=C(C)/C(CNC)=C(/C)C=C(C)C.CC.CCc1c(C=O)cc(NC)c(C=N)c1N(CC)C1CCC(N2CC(O)C2)CC1. The van der Waals surface area contributed by atoms with Crippen LogP contribution in [-0.4, -0.2) is 81.0 Å². The highest BCUT2D eigenvalue weighted by atomic mass is 16.3. The number of anilines is 2. The van der Waals surface area contributed by atoms with Crippen molar-refractivity contribution in [2.75, 3.05) is 50.5 Å². The molecule has 0 aromatic heterocycles.